The van der Waals surface area contributed by atoms with Crippen LogP contribution in [-0.4, -0.2) is 29.2 Å². The zero-order valence-corrected chi connectivity index (χ0v) is 14.0. The Hall–Kier alpha value is -2.08. The number of fused-ring (bicyclic) bond motifs is 1. The summed E-state index contributed by atoms with van der Waals surface area (Å²) in [6.07, 6.45) is 8.06. The van der Waals surface area contributed by atoms with Crippen molar-refractivity contribution in [1.82, 2.24) is 15.3 Å². The lowest BCUT2D eigenvalue weighted by Gasteiger charge is -2.26. The molecule has 0 radical (unpaired) electrons. The number of carbonyl (C=O) groups is 1. The maximum Gasteiger partial charge on any atom is 0.254 e. The quantitative estimate of drug-likeness (QED) is 0.690. The SMILES string of the molecule is COc1ccc2c(c1)CCC[C@H]2NC(=O)c1cnc(SC)nc1. The number of aromatic nitrogens is 2. The van der Waals surface area contributed by atoms with Gasteiger partial charge in [-0.2, -0.15) is 0 Å². The highest BCUT2D eigenvalue weighted by atomic mass is 32.2. The van der Waals surface area contributed by atoms with E-state index in [-0.39, 0.29) is 11.9 Å². The molecule has 1 N–H and O–H groups in total. The molecule has 0 unspecified atom stereocenters. The van der Waals surface area contributed by atoms with E-state index in [1.54, 1.807) is 19.5 Å². The van der Waals surface area contributed by atoms with Crippen LogP contribution >= 0.6 is 11.8 Å². The minimum atomic E-state index is -0.133. The van der Waals surface area contributed by atoms with Gasteiger partial charge in [0.2, 0.25) is 0 Å². The van der Waals surface area contributed by atoms with Crippen LogP contribution in [0.3, 0.4) is 0 Å². The van der Waals surface area contributed by atoms with E-state index in [4.69, 9.17) is 4.74 Å². The summed E-state index contributed by atoms with van der Waals surface area (Å²) in [5, 5.41) is 3.76. The van der Waals surface area contributed by atoms with Crippen LogP contribution in [0.15, 0.2) is 35.7 Å². The molecule has 0 saturated carbocycles. The zero-order chi connectivity index (χ0) is 16.2. The summed E-state index contributed by atoms with van der Waals surface area (Å²) in [7, 11) is 1.67. The van der Waals surface area contributed by atoms with Crippen molar-refractivity contribution in [2.75, 3.05) is 13.4 Å². The first-order valence-electron chi connectivity index (χ1n) is 7.55. The van der Waals surface area contributed by atoms with Crippen molar-refractivity contribution >= 4 is 17.7 Å². The summed E-state index contributed by atoms with van der Waals surface area (Å²) in [6, 6.07) is 6.08. The maximum absolute atomic E-state index is 12.4. The monoisotopic (exact) mass is 329 g/mol. The number of hydrogen-bond donors (Lipinski definition) is 1. The standard InChI is InChI=1S/C17H19N3O2S/c1-22-13-6-7-14-11(8-13)4-3-5-15(14)20-16(21)12-9-18-17(23-2)19-10-12/h6-10,15H,3-5H2,1-2H3,(H,20,21)/t15-/m1/s1. The van der Waals surface area contributed by atoms with Gasteiger partial charge < -0.3 is 10.1 Å². The van der Waals surface area contributed by atoms with E-state index >= 15 is 0 Å². The van der Waals surface area contributed by atoms with Crippen LogP contribution in [0.4, 0.5) is 0 Å². The highest BCUT2D eigenvalue weighted by molar-refractivity contribution is 7.98. The Morgan fingerprint density at radius 3 is 2.83 bits per heavy atom. The highest BCUT2D eigenvalue weighted by Crippen LogP contribution is 2.32. The number of nitrogens with zero attached hydrogens (tertiary/aromatic N) is 2. The van der Waals surface area contributed by atoms with Crippen molar-refractivity contribution in [3.05, 3.63) is 47.3 Å². The second kappa shape index (κ2) is 7.00. The number of benzene rings is 1. The van der Waals surface area contributed by atoms with E-state index in [1.165, 1.54) is 22.9 Å². The first-order chi connectivity index (χ1) is 11.2. The van der Waals surface area contributed by atoms with Gasteiger partial charge in [0.05, 0.1) is 18.7 Å². The van der Waals surface area contributed by atoms with Gasteiger partial charge in [-0.3, -0.25) is 4.79 Å². The summed E-state index contributed by atoms with van der Waals surface area (Å²) in [6.45, 7) is 0. The molecular weight excluding hydrogens is 310 g/mol. The van der Waals surface area contributed by atoms with Gasteiger partial charge in [0.15, 0.2) is 5.16 Å². The smallest absolute Gasteiger partial charge is 0.254 e. The number of nitrogens with one attached hydrogen (secondary N) is 1. The number of rotatable bonds is 4. The minimum absolute atomic E-state index is 0.0254. The first-order valence-corrected chi connectivity index (χ1v) is 8.77. The Morgan fingerprint density at radius 1 is 1.35 bits per heavy atom. The van der Waals surface area contributed by atoms with Gasteiger partial charge in [-0.25, -0.2) is 9.97 Å². The molecule has 0 fully saturated rings. The molecular formula is C17H19N3O2S. The van der Waals surface area contributed by atoms with E-state index in [2.05, 4.69) is 21.4 Å². The summed E-state index contributed by atoms with van der Waals surface area (Å²) in [5.41, 5.74) is 2.91. The van der Waals surface area contributed by atoms with Crippen LogP contribution in [0.2, 0.25) is 0 Å². The van der Waals surface area contributed by atoms with Crippen LogP contribution in [-0.2, 0) is 6.42 Å². The van der Waals surface area contributed by atoms with Gasteiger partial charge in [0.1, 0.15) is 5.75 Å². The summed E-state index contributed by atoms with van der Waals surface area (Å²) in [4.78, 5) is 20.7. The normalized spacial score (nSPS) is 16.5. The second-order valence-corrected chi connectivity index (χ2v) is 6.21. The lowest BCUT2D eigenvalue weighted by molar-refractivity contribution is 0.0932. The molecule has 6 heteroatoms. The molecule has 23 heavy (non-hydrogen) atoms. The number of methoxy groups -OCH3 is 1. The van der Waals surface area contributed by atoms with Crippen molar-refractivity contribution in [3.8, 4) is 5.75 Å². The van der Waals surface area contributed by atoms with E-state index in [0.717, 1.165) is 25.0 Å². The molecule has 1 aromatic heterocycles. The lowest BCUT2D eigenvalue weighted by Crippen LogP contribution is -2.31. The third-order valence-electron chi connectivity index (χ3n) is 4.04. The molecule has 0 saturated heterocycles. The van der Waals surface area contributed by atoms with Crippen molar-refractivity contribution < 1.29 is 9.53 Å². The largest absolute Gasteiger partial charge is 0.497 e. The molecule has 5 nitrogen and oxygen atoms in total. The number of hydrogen-bond acceptors (Lipinski definition) is 5. The molecule has 3 rings (SSSR count). The van der Waals surface area contributed by atoms with Crippen LogP contribution in [0, 0.1) is 0 Å². The van der Waals surface area contributed by atoms with Gasteiger partial charge in [0, 0.05) is 12.4 Å². The number of aryl methyl sites for hydroxylation is 1. The highest BCUT2D eigenvalue weighted by Gasteiger charge is 2.23. The minimum Gasteiger partial charge on any atom is -0.497 e. The number of amides is 1. The summed E-state index contributed by atoms with van der Waals surface area (Å²) in [5.74, 6) is 0.725. The number of ether oxygens (including phenoxy) is 1. The third kappa shape index (κ3) is 3.47. The molecule has 120 valence electrons. The molecule has 0 spiro atoms. The van der Waals surface area contributed by atoms with E-state index in [0.29, 0.717) is 10.7 Å². The van der Waals surface area contributed by atoms with E-state index in [1.807, 2.05) is 18.4 Å². The number of carbonyl (C=O) groups excluding carboxylic acids is 1. The second-order valence-electron chi connectivity index (χ2n) is 5.44. The molecule has 1 aromatic carbocycles. The Bertz CT molecular complexity index is 703. The predicted molar refractivity (Wildman–Crippen MR) is 90.0 cm³/mol. The van der Waals surface area contributed by atoms with E-state index in [9.17, 15) is 4.79 Å². The molecule has 1 atom stereocenters. The van der Waals surface area contributed by atoms with E-state index < -0.39 is 0 Å². The molecule has 0 bridgehead atoms. The van der Waals surface area contributed by atoms with Gasteiger partial charge >= 0.3 is 0 Å². The topological polar surface area (TPSA) is 64.1 Å². The molecule has 1 aliphatic carbocycles. The van der Waals surface area contributed by atoms with Gasteiger partial charge in [0.25, 0.3) is 5.91 Å². The van der Waals surface area contributed by atoms with Gasteiger partial charge in [-0.05, 0) is 48.8 Å². The fraction of sp³-hybridized carbons (Fsp3) is 0.353. The fourth-order valence-corrected chi connectivity index (χ4v) is 3.16. The van der Waals surface area contributed by atoms with Crippen molar-refractivity contribution in [1.29, 1.82) is 0 Å². The van der Waals surface area contributed by atoms with Crippen LogP contribution < -0.4 is 10.1 Å². The Morgan fingerprint density at radius 2 is 2.13 bits per heavy atom. The molecule has 1 heterocycles. The lowest BCUT2D eigenvalue weighted by atomic mass is 9.87. The Labute approximate surface area is 139 Å². The fourth-order valence-electron chi connectivity index (χ4n) is 2.85. The first kappa shape index (κ1) is 15.8. The summed E-state index contributed by atoms with van der Waals surface area (Å²) < 4.78 is 5.28. The van der Waals surface area contributed by atoms with Gasteiger partial charge in [-0.1, -0.05) is 17.8 Å². The van der Waals surface area contributed by atoms with Crippen LogP contribution in [0.1, 0.15) is 40.4 Å². The predicted octanol–water partition coefficient (Wildman–Crippen LogP) is 3.01. The zero-order valence-electron chi connectivity index (χ0n) is 13.2. The van der Waals surface area contributed by atoms with Crippen LogP contribution in [0.5, 0.6) is 5.75 Å². The van der Waals surface area contributed by atoms with Crippen molar-refractivity contribution in [2.24, 2.45) is 0 Å². The Balaban J connectivity index is 1.77. The average molecular weight is 329 g/mol. The molecule has 0 aliphatic heterocycles. The molecule has 1 aliphatic rings. The average Bonchev–Trinajstić information content (AvgIpc) is 2.61. The Kier molecular flexibility index (Phi) is 4.81. The molecule has 1 amide bonds. The van der Waals surface area contributed by atoms with Gasteiger partial charge in [-0.15, -0.1) is 0 Å². The summed E-state index contributed by atoms with van der Waals surface area (Å²) >= 11 is 1.45. The number of thioether (sulfide) groups is 1. The third-order valence-corrected chi connectivity index (χ3v) is 4.62. The maximum atomic E-state index is 12.4. The van der Waals surface area contributed by atoms with Crippen LogP contribution in [0.25, 0.3) is 0 Å². The van der Waals surface area contributed by atoms with Crippen molar-refractivity contribution in [3.63, 3.8) is 0 Å². The molecule has 2 aromatic rings. The van der Waals surface area contributed by atoms with Crippen molar-refractivity contribution in [2.45, 2.75) is 30.5 Å².